The summed E-state index contributed by atoms with van der Waals surface area (Å²) >= 11 is 0. The van der Waals surface area contributed by atoms with Gasteiger partial charge < -0.3 is 10.6 Å². The minimum absolute atomic E-state index is 0. The fourth-order valence-electron chi connectivity index (χ4n) is 2.95. The molecule has 0 saturated carbocycles. The fraction of sp³-hybridized carbons (Fsp3) is 0.588. The van der Waals surface area contributed by atoms with Crippen molar-refractivity contribution in [3.63, 3.8) is 0 Å². The van der Waals surface area contributed by atoms with Crippen LogP contribution in [-0.4, -0.2) is 25.0 Å². The van der Waals surface area contributed by atoms with Crippen molar-refractivity contribution in [2.24, 2.45) is 11.8 Å². The number of hydrogen-bond donors (Lipinski definition) is 2. The van der Waals surface area contributed by atoms with Crippen molar-refractivity contribution in [1.29, 1.82) is 0 Å². The second kappa shape index (κ2) is 8.40. The van der Waals surface area contributed by atoms with Gasteiger partial charge in [-0.2, -0.15) is 0 Å². The van der Waals surface area contributed by atoms with Crippen molar-refractivity contribution in [3.05, 3.63) is 35.9 Å². The number of hydrogen-bond acceptors (Lipinski definition) is 2. The van der Waals surface area contributed by atoms with Gasteiger partial charge in [0.2, 0.25) is 5.91 Å². The van der Waals surface area contributed by atoms with Gasteiger partial charge in [-0.15, -0.1) is 12.4 Å². The van der Waals surface area contributed by atoms with Gasteiger partial charge in [-0.25, -0.2) is 0 Å². The van der Waals surface area contributed by atoms with E-state index in [1.165, 1.54) is 0 Å². The number of piperidine rings is 1. The Morgan fingerprint density at radius 2 is 1.95 bits per heavy atom. The zero-order valence-electron chi connectivity index (χ0n) is 13.1. The van der Waals surface area contributed by atoms with Crippen LogP contribution in [0.15, 0.2) is 30.3 Å². The molecule has 118 valence electrons. The van der Waals surface area contributed by atoms with Gasteiger partial charge in [-0.3, -0.25) is 4.79 Å². The van der Waals surface area contributed by atoms with Crippen LogP contribution >= 0.6 is 12.4 Å². The van der Waals surface area contributed by atoms with Gasteiger partial charge in [0.05, 0.1) is 5.92 Å². The van der Waals surface area contributed by atoms with E-state index in [1.807, 2.05) is 30.3 Å². The van der Waals surface area contributed by atoms with Gasteiger partial charge in [0.15, 0.2) is 0 Å². The van der Waals surface area contributed by atoms with E-state index in [0.29, 0.717) is 11.8 Å². The number of nitrogens with one attached hydrogen (secondary N) is 2. The van der Waals surface area contributed by atoms with E-state index in [4.69, 9.17) is 0 Å². The summed E-state index contributed by atoms with van der Waals surface area (Å²) in [5, 5.41) is 6.61. The minimum atomic E-state index is -0.0645. The average Bonchev–Trinajstić information content (AvgIpc) is 2.42. The smallest absolute Gasteiger partial charge is 0.228 e. The van der Waals surface area contributed by atoms with Crippen LogP contribution in [0.1, 0.15) is 38.7 Å². The Bertz CT molecular complexity index is 436. The molecule has 0 radical (unpaired) electrons. The van der Waals surface area contributed by atoms with Crippen molar-refractivity contribution in [2.75, 3.05) is 13.1 Å². The van der Waals surface area contributed by atoms with E-state index in [2.05, 4.69) is 31.4 Å². The van der Waals surface area contributed by atoms with E-state index in [1.54, 1.807) is 0 Å². The van der Waals surface area contributed by atoms with Crippen LogP contribution in [0.3, 0.4) is 0 Å². The van der Waals surface area contributed by atoms with Crippen molar-refractivity contribution >= 4 is 18.3 Å². The Kier molecular flexibility index (Phi) is 7.20. The summed E-state index contributed by atoms with van der Waals surface area (Å²) in [6.07, 6.45) is 1.13. The lowest BCUT2D eigenvalue weighted by atomic mass is 9.86. The topological polar surface area (TPSA) is 41.1 Å². The fourth-order valence-corrected chi connectivity index (χ4v) is 2.95. The molecule has 2 rings (SSSR count). The zero-order valence-corrected chi connectivity index (χ0v) is 14.0. The quantitative estimate of drug-likeness (QED) is 0.897. The predicted molar refractivity (Wildman–Crippen MR) is 89.9 cm³/mol. The molecule has 1 aliphatic rings. The summed E-state index contributed by atoms with van der Waals surface area (Å²) in [5.41, 5.74) is 1.11. The van der Waals surface area contributed by atoms with Crippen LogP contribution in [0.2, 0.25) is 0 Å². The maximum absolute atomic E-state index is 12.7. The molecule has 1 saturated heterocycles. The molecule has 3 unspecified atom stereocenters. The monoisotopic (exact) mass is 310 g/mol. The first-order chi connectivity index (χ1) is 9.59. The molecule has 1 aliphatic heterocycles. The van der Waals surface area contributed by atoms with E-state index in [9.17, 15) is 4.79 Å². The highest BCUT2D eigenvalue weighted by Crippen LogP contribution is 2.25. The standard InChI is InChI=1S/C17H26N2O.ClH/c1-12(2)16(14-7-5-4-6-8-14)17(20)19-15-11-18-10-9-13(15)3;/h4-8,12-13,15-16,18H,9-11H2,1-3H3,(H,19,20);1H. The summed E-state index contributed by atoms with van der Waals surface area (Å²) in [6.45, 7) is 8.38. The largest absolute Gasteiger partial charge is 0.351 e. The van der Waals surface area contributed by atoms with Gasteiger partial charge in [0.1, 0.15) is 0 Å². The third-order valence-corrected chi connectivity index (χ3v) is 4.26. The van der Waals surface area contributed by atoms with Crippen molar-refractivity contribution in [3.8, 4) is 0 Å². The molecule has 1 amide bonds. The van der Waals surface area contributed by atoms with Crippen LogP contribution in [-0.2, 0) is 4.79 Å². The Labute approximate surface area is 134 Å². The lowest BCUT2D eigenvalue weighted by Gasteiger charge is -2.32. The number of amides is 1. The Balaban J connectivity index is 0.00000220. The number of rotatable bonds is 4. The highest BCUT2D eigenvalue weighted by atomic mass is 35.5. The molecule has 2 N–H and O–H groups in total. The van der Waals surface area contributed by atoms with Crippen molar-refractivity contribution in [1.82, 2.24) is 10.6 Å². The lowest BCUT2D eigenvalue weighted by molar-refractivity contribution is -0.124. The van der Waals surface area contributed by atoms with Crippen molar-refractivity contribution < 1.29 is 4.79 Å². The molecule has 0 spiro atoms. The molecule has 0 aliphatic carbocycles. The van der Waals surface area contributed by atoms with Crippen molar-refractivity contribution in [2.45, 2.75) is 39.2 Å². The number of benzene rings is 1. The molecule has 3 atom stereocenters. The molecule has 1 aromatic carbocycles. The number of carbonyl (C=O) groups excluding carboxylic acids is 1. The molecule has 3 nitrogen and oxygen atoms in total. The molecule has 21 heavy (non-hydrogen) atoms. The third kappa shape index (κ3) is 4.72. The van der Waals surface area contributed by atoms with Crippen LogP contribution in [0, 0.1) is 11.8 Å². The van der Waals surface area contributed by atoms with E-state index >= 15 is 0 Å². The van der Waals surface area contributed by atoms with Gasteiger partial charge in [0.25, 0.3) is 0 Å². The first kappa shape index (κ1) is 18.0. The summed E-state index contributed by atoms with van der Waals surface area (Å²) in [7, 11) is 0. The molecular formula is C17H27ClN2O. The van der Waals surface area contributed by atoms with Crippen LogP contribution in [0.4, 0.5) is 0 Å². The molecule has 1 heterocycles. The zero-order chi connectivity index (χ0) is 14.5. The van der Waals surface area contributed by atoms with Crippen LogP contribution in [0.5, 0.6) is 0 Å². The van der Waals surface area contributed by atoms with E-state index in [-0.39, 0.29) is 30.3 Å². The molecule has 1 aromatic rings. The maximum Gasteiger partial charge on any atom is 0.228 e. The highest BCUT2D eigenvalue weighted by molar-refractivity contribution is 5.85. The van der Waals surface area contributed by atoms with Crippen LogP contribution < -0.4 is 10.6 Å². The van der Waals surface area contributed by atoms with Gasteiger partial charge in [-0.1, -0.05) is 51.1 Å². The average molecular weight is 311 g/mol. The number of carbonyl (C=O) groups is 1. The minimum Gasteiger partial charge on any atom is -0.351 e. The molecule has 0 bridgehead atoms. The van der Waals surface area contributed by atoms with Gasteiger partial charge in [0, 0.05) is 12.6 Å². The molecule has 4 heteroatoms. The van der Waals surface area contributed by atoms with E-state index < -0.39 is 0 Å². The first-order valence-corrected chi connectivity index (χ1v) is 7.65. The first-order valence-electron chi connectivity index (χ1n) is 7.65. The third-order valence-electron chi connectivity index (χ3n) is 4.26. The Hall–Kier alpha value is -1.06. The highest BCUT2D eigenvalue weighted by Gasteiger charge is 2.28. The SMILES string of the molecule is CC(C)C(C(=O)NC1CNCCC1C)c1ccccc1.Cl. The summed E-state index contributed by atoms with van der Waals surface area (Å²) in [4.78, 5) is 12.7. The Morgan fingerprint density at radius 3 is 2.52 bits per heavy atom. The molecule has 0 aromatic heterocycles. The Morgan fingerprint density at radius 1 is 1.29 bits per heavy atom. The van der Waals surface area contributed by atoms with Gasteiger partial charge in [-0.05, 0) is 30.4 Å². The lowest BCUT2D eigenvalue weighted by Crippen LogP contribution is -2.51. The normalized spacial score (nSPS) is 23.2. The molecular weight excluding hydrogens is 284 g/mol. The predicted octanol–water partition coefficient (Wildman–Crippen LogP) is 2.96. The second-order valence-electron chi connectivity index (χ2n) is 6.22. The second-order valence-corrected chi connectivity index (χ2v) is 6.22. The summed E-state index contributed by atoms with van der Waals surface area (Å²) in [5.74, 6) is 0.935. The van der Waals surface area contributed by atoms with E-state index in [0.717, 1.165) is 25.1 Å². The summed E-state index contributed by atoms with van der Waals surface area (Å²) < 4.78 is 0. The maximum atomic E-state index is 12.7. The number of halogens is 1. The summed E-state index contributed by atoms with van der Waals surface area (Å²) in [6, 6.07) is 10.3. The molecule has 1 fully saturated rings. The van der Waals surface area contributed by atoms with Crippen LogP contribution in [0.25, 0.3) is 0 Å². The van der Waals surface area contributed by atoms with Gasteiger partial charge >= 0.3 is 0 Å².